The molecule has 0 aromatic carbocycles. The van der Waals surface area contributed by atoms with Crippen molar-refractivity contribution in [2.45, 2.75) is 47.1 Å². The van der Waals surface area contributed by atoms with Crippen molar-refractivity contribution in [2.75, 3.05) is 25.5 Å². The van der Waals surface area contributed by atoms with Crippen molar-refractivity contribution in [1.29, 1.82) is 0 Å². The van der Waals surface area contributed by atoms with Crippen molar-refractivity contribution in [3.63, 3.8) is 0 Å². The summed E-state index contributed by atoms with van der Waals surface area (Å²) in [4.78, 5) is 11.6. The lowest BCUT2D eigenvalue weighted by Crippen LogP contribution is -2.22. The van der Waals surface area contributed by atoms with Gasteiger partial charge in [0.1, 0.15) is 0 Å². The minimum atomic E-state index is -1.41. The van der Waals surface area contributed by atoms with Gasteiger partial charge in [-0.15, -0.1) is 0 Å². The first-order valence-corrected chi connectivity index (χ1v) is 8.47. The highest BCUT2D eigenvalue weighted by molar-refractivity contribution is 7.44. The Balaban J connectivity index is 3.89. The molecule has 19 heavy (non-hydrogen) atoms. The lowest BCUT2D eigenvalue weighted by atomic mass is 10.2. The second-order valence-corrected chi connectivity index (χ2v) is 8.05. The molecule has 0 spiro atoms. The van der Waals surface area contributed by atoms with E-state index in [0.29, 0.717) is 31.5 Å². The molecule has 2 unspecified atom stereocenters. The Bertz CT molecular complexity index is 294. The van der Waals surface area contributed by atoms with Gasteiger partial charge in [-0.2, -0.15) is 0 Å². The summed E-state index contributed by atoms with van der Waals surface area (Å²) in [5.41, 5.74) is -0.210. The van der Waals surface area contributed by atoms with Crippen molar-refractivity contribution in [3.8, 4) is 0 Å². The molecule has 0 aliphatic carbocycles. The number of rotatable bonds is 8. The van der Waals surface area contributed by atoms with Crippen LogP contribution in [0.1, 0.15) is 41.5 Å². The third-order valence-electron chi connectivity index (χ3n) is 2.31. The van der Waals surface area contributed by atoms with Crippen LogP contribution in [0.15, 0.2) is 0 Å². The smallest absolute Gasteiger partial charge is 0.342 e. The van der Waals surface area contributed by atoms with Gasteiger partial charge in [0.05, 0.1) is 24.7 Å². The summed E-state index contributed by atoms with van der Waals surface area (Å²) in [6, 6.07) is 0. The van der Waals surface area contributed by atoms with Gasteiger partial charge in [-0.05, 0) is 33.6 Å². The molecule has 0 saturated heterocycles. The van der Waals surface area contributed by atoms with Crippen LogP contribution in [0.4, 0.5) is 0 Å². The summed E-state index contributed by atoms with van der Waals surface area (Å²) in [7, 11) is -1.41. The second kappa shape index (κ2) is 8.65. The topological polar surface area (TPSA) is 52.6 Å². The van der Waals surface area contributed by atoms with E-state index in [9.17, 15) is 9.36 Å². The summed E-state index contributed by atoms with van der Waals surface area (Å²) in [6.45, 7) is 12.5. The SMILES string of the molecule is CC(C)COC(=O)C(C)C[P+](=O)CCOC(C)(C)C. The number of esters is 1. The number of ether oxygens (including phenoxy) is 2. The van der Waals surface area contributed by atoms with Crippen LogP contribution >= 0.6 is 7.80 Å². The van der Waals surface area contributed by atoms with E-state index >= 15 is 0 Å². The van der Waals surface area contributed by atoms with E-state index in [1.54, 1.807) is 6.92 Å². The molecule has 0 aromatic heterocycles. The van der Waals surface area contributed by atoms with E-state index in [2.05, 4.69) is 0 Å². The largest absolute Gasteiger partial charge is 0.465 e. The highest BCUT2D eigenvalue weighted by Crippen LogP contribution is 2.25. The van der Waals surface area contributed by atoms with Gasteiger partial charge in [0, 0.05) is 0 Å². The van der Waals surface area contributed by atoms with Crippen LogP contribution in [-0.2, 0) is 18.8 Å². The average Bonchev–Trinajstić information content (AvgIpc) is 2.23. The summed E-state index contributed by atoms with van der Waals surface area (Å²) in [5.74, 6) is -0.240. The summed E-state index contributed by atoms with van der Waals surface area (Å²) < 4.78 is 22.5. The maximum absolute atomic E-state index is 11.8. The molecule has 0 amide bonds. The summed E-state index contributed by atoms with van der Waals surface area (Å²) >= 11 is 0. The number of hydrogen-bond acceptors (Lipinski definition) is 4. The third kappa shape index (κ3) is 11.1. The Hall–Kier alpha value is -0.470. The van der Waals surface area contributed by atoms with Crippen LogP contribution in [0, 0.1) is 11.8 Å². The second-order valence-electron chi connectivity index (χ2n) is 6.27. The normalized spacial score (nSPS) is 14.4. The molecule has 0 aliphatic rings. The van der Waals surface area contributed by atoms with Gasteiger partial charge in [0.25, 0.3) is 0 Å². The molecule has 0 heterocycles. The van der Waals surface area contributed by atoms with Gasteiger partial charge < -0.3 is 9.47 Å². The molecule has 0 radical (unpaired) electrons. The zero-order valence-corrected chi connectivity index (χ0v) is 14.0. The van der Waals surface area contributed by atoms with Gasteiger partial charge in [0.15, 0.2) is 12.3 Å². The van der Waals surface area contributed by atoms with Crippen LogP contribution < -0.4 is 0 Å². The first kappa shape index (κ1) is 18.5. The van der Waals surface area contributed by atoms with Crippen LogP contribution in [0.25, 0.3) is 0 Å². The Morgan fingerprint density at radius 2 is 1.79 bits per heavy atom. The minimum Gasteiger partial charge on any atom is -0.465 e. The van der Waals surface area contributed by atoms with E-state index in [4.69, 9.17) is 9.47 Å². The Morgan fingerprint density at radius 3 is 2.26 bits per heavy atom. The number of hydrogen-bond donors (Lipinski definition) is 0. The quantitative estimate of drug-likeness (QED) is 0.507. The molecule has 0 saturated carbocycles. The van der Waals surface area contributed by atoms with Crippen LogP contribution in [-0.4, -0.2) is 37.1 Å². The molecule has 5 heteroatoms. The maximum atomic E-state index is 11.8. The predicted molar refractivity (Wildman–Crippen MR) is 78.0 cm³/mol. The fourth-order valence-electron chi connectivity index (χ4n) is 1.32. The van der Waals surface area contributed by atoms with Crippen LogP contribution in [0.5, 0.6) is 0 Å². The molecular weight excluding hydrogens is 263 g/mol. The minimum absolute atomic E-state index is 0.210. The van der Waals surface area contributed by atoms with Crippen LogP contribution in [0.2, 0.25) is 0 Å². The molecule has 0 fully saturated rings. The molecule has 0 aliphatic heterocycles. The zero-order valence-electron chi connectivity index (χ0n) is 13.1. The monoisotopic (exact) mass is 291 g/mol. The Labute approximate surface area is 118 Å². The third-order valence-corrected chi connectivity index (χ3v) is 3.95. The van der Waals surface area contributed by atoms with Gasteiger partial charge in [-0.3, -0.25) is 4.79 Å². The molecule has 0 rings (SSSR count). The van der Waals surface area contributed by atoms with Crippen molar-refractivity contribution >= 4 is 13.8 Å². The van der Waals surface area contributed by atoms with Gasteiger partial charge in [-0.1, -0.05) is 18.4 Å². The molecule has 4 nitrogen and oxygen atoms in total. The molecule has 2 atom stereocenters. The average molecular weight is 291 g/mol. The van der Waals surface area contributed by atoms with E-state index in [0.717, 1.165) is 0 Å². The number of carbonyl (C=O) groups excluding carboxylic acids is 1. The predicted octanol–water partition coefficient (Wildman–Crippen LogP) is 3.46. The lowest BCUT2D eigenvalue weighted by Gasteiger charge is -2.17. The summed E-state index contributed by atoms with van der Waals surface area (Å²) in [5, 5.41) is 0. The molecule has 0 N–H and O–H groups in total. The van der Waals surface area contributed by atoms with Gasteiger partial charge in [-0.25, -0.2) is 0 Å². The summed E-state index contributed by atoms with van der Waals surface area (Å²) in [6.07, 6.45) is 0.869. The Kier molecular flexibility index (Phi) is 8.44. The van der Waals surface area contributed by atoms with E-state index < -0.39 is 7.80 Å². The molecule has 0 aromatic rings. The molecule has 112 valence electrons. The number of carbonyl (C=O) groups is 1. The zero-order chi connectivity index (χ0) is 15.1. The standard InChI is InChI=1S/C14H28O4P/c1-11(2)9-17-13(15)12(3)10-19(16)8-7-18-14(4,5)6/h11-12H,7-10H2,1-6H3/q+1. The van der Waals surface area contributed by atoms with Gasteiger partial charge in [0.2, 0.25) is 0 Å². The van der Waals surface area contributed by atoms with Crippen LogP contribution in [0.3, 0.4) is 0 Å². The van der Waals surface area contributed by atoms with E-state index in [1.807, 2.05) is 34.6 Å². The highest BCUT2D eigenvalue weighted by Gasteiger charge is 2.26. The first-order chi connectivity index (χ1) is 8.61. The fraction of sp³-hybridized carbons (Fsp3) is 0.929. The first-order valence-electron chi connectivity index (χ1n) is 6.84. The van der Waals surface area contributed by atoms with Crippen molar-refractivity contribution in [3.05, 3.63) is 0 Å². The molecular formula is C14H28O4P+. The Morgan fingerprint density at radius 1 is 1.21 bits per heavy atom. The lowest BCUT2D eigenvalue weighted by molar-refractivity contribution is -0.148. The van der Waals surface area contributed by atoms with Crippen molar-refractivity contribution in [1.82, 2.24) is 0 Å². The van der Waals surface area contributed by atoms with Gasteiger partial charge >= 0.3 is 13.8 Å². The highest BCUT2D eigenvalue weighted by atomic mass is 31.1. The van der Waals surface area contributed by atoms with E-state index in [-0.39, 0.29) is 17.5 Å². The van der Waals surface area contributed by atoms with Crippen molar-refractivity contribution in [2.24, 2.45) is 11.8 Å². The fourth-order valence-corrected chi connectivity index (χ4v) is 2.55. The van der Waals surface area contributed by atoms with Crippen molar-refractivity contribution < 1.29 is 18.8 Å². The maximum Gasteiger partial charge on any atom is 0.342 e. The van der Waals surface area contributed by atoms with E-state index in [1.165, 1.54) is 0 Å². The molecule has 0 bridgehead atoms.